The van der Waals surface area contributed by atoms with Crippen LogP contribution < -0.4 is 15.4 Å². The van der Waals surface area contributed by atoms with Gasteiger partial charge in [-0.1, -0.05) is 0 Å². The first-order valence-electron chi connectivity index (χ1n) is 9.50. The van der Waals surface area contributed by atoms with Crippen LogP contribution in [0.15, 0.2) is 48.5 Å². The minimum atomic E-state index is -0.729. The lowest BCUT2D eigenvalue weighted by Gasteiger charge is -2.07. The van der Waals surface area contributed by atoms with Gasteiger partial charge in [0, 0.05) is 29.1 Å². The molecule has 0 spiro atoms. The molecule has 6 nitrogen and oxygen atoms in total. The molecule has 1 heterocycles. The average molecular weight is 428 g/mol. The predicted molar refractivity (Wildman–Crippen MR) is 115 cm³/mol. The third kappa shape index (κ3) is 5.64. The van der Waals surface area contributed by atoms with Gasteiger partial charge in [0.2, 0.25) is 0 Å². The second kappa shape index (κ2) is 9.98. The number of nitrogens with zero attached hydrogens (tertiary/aromatic N) is 1. The van der Waals surface area contributed by atoms with E-state index in [0.717, 1.165) is 21.1 Å². The summed E-state index contributed by atoms with van der Waals surface area (Å²) in [6.07, 6.45) is 0.548. The number of thiazole rings is 1. The molecule has 0 aliphatic rings. The van der Waals surface area contributed by atoms with Crippen LogP contribution >= 0.6 is 11.3 Å². The van der Waals surface area contributed by atoms with Crippen molar-refractivity contribution in [1.29, 1.82) is 0 Å². The number of anilines is 1. The molecule has 0 unspecified atom stereocenters. The van der Waals surface area contributed by atoms with Gasteiger partial charge in [-0.05, 0) is 62.4 Å². The molecule has 156 valence electrons. The van der Waals surface area contributed by atoms with E-state index in [4.69, 9.17) is 4.74 Å². The van der Waals surface area contributed by atoms with Crippen LogP contribution in [0.5, 0.6) is 5.75 Å². The molecule has 0 atom stereocenters. The molecule has 2 N–H and O–H groups in total. The number of aromatic nitrogens is 1. The topological polar surface area (TPSA) is 80.3 Å². The quantitative estimate of drug-likeness (QED) is 0.560. The van der Waals surface area contributed by atoms with Gasteiger partial charge in [-0.15, -0.1) is 11.3 Å². The maximum Gasteiger partial charge on any atom is 0.313 e. The van der Waals surface area contributed by atoms with E-state index < -0.39 is 11.8 Å². The Morgan fingerprint density at radius 1 is 1.07 bits per heavy atom. The zero-order valence-electron chi connectivity index (χ0n) is 16.7. The minimum Gasteiger partial charge on any atom is -0.494 e. The molecule has 0 fully saturated rings. The van der Waals surface area contributed by atoms with Crippen LogP contribution in [-0.4, -0.2) is 29.9 Å². The van der Waals surface area contributed by atoms with Gasteiger partial charge in [0.05, 0.1) is 12.3 Å². The number of ether oxygens (including phenoxy) is 1. The molecule has 2 amide bonds. The molecule has 0 aliphatic heterocycles. The number of carbonyl (C=O) groups is 2. The van der Waals surface area contributed by atoms with Gasteiger partial charge in [0.25, 0.3) is 0 Å². The van der Waals surface area contributed by atoms with E-state index in [0.29, 0.717) is 31.0 Å². The van der Waals surface area contributed by atoms with Gasteiger partial charge in [0.1, 0.15) is 16.6 Å². The number of amides is 2. The second-order valence-electron chi connectivity index (χ2n) is 6.45. The molecular weight excluding hydrogens is 405 g/mol. The summed E-state index contributed by atoms with van der Waals surface area (Å²) in [7, 11) is 0. The fourth-order valence-electron chi connectivity index (χ4n) is 2.73. The maximum absolute atomic E-state index is 13.1. The molecule has 2 aromatic carbocycles. The molecule has 1 aromatic heterocycles. The first-order chi connectivity index (χ1) is 14.5. The number of benzene rings is 2. The number of hydrogen-bond donors (Lipinski definition) is 2. The van der Waals surface area contributed by atoms with Crippen LogP contribution in [0.2, 0.25) is 0 Å². The summed E-state index contributed by atoms with van der Waals surface area (Å²) in [5, 5.41) is 5.97. The number of nitrogens with one attached hydrogen (secondary N) is 2. The van der Waals surface area contributed by atoms with Crippen molar-refractivity contribution >= 4 is 28.8 Å². The highest BCUT2D eigenvalue weighted by atomic mass is 32.1. The van der Waals surface area contributed by atoms with E-state index in [1.54, 1.807) is 36.4 Å². The molecule has 0 radical (unpaired) electrons. The third-order valence-electron chi connectivity index (χ3n) is 4.25. The number of carbonyl (C=O) groups excluding carboxylic acids is 2. The van der Waals surface area contributed by atoms with Crippen molar-refractivity contribution in [3.8, 4) is 16.3 Å². The van der Waals surface area contributed by atoms with Crippen molar-refractivity contribution in [3.63, 3.8) is 0 Å². The van der Waals surface area contributed by atoms with Crippen molar-refractivity contribution in [2.24, 2.45) is 0 Å². The summed E-state index contributed by atoms with van der Waals surface area (Å²) >= 11 is 1.49. The molecule has 0 saturated carbocycles. The van der Waals surface area contributed by atoms with E-state index in [1.165, 1.54) is 23.5 Å². The highest BCUT2D eigenvalue weighted by molar-refractivity contribution is 7.15. The fraction of sp³-hybridized carbons (Fsp3) is 0.227. The largest absolute Gasteiger partial charge is 0.494 e. The van der Waals surface area contributed by atoms with Crippen molar-refractivity contribution in [1.82, 2.24) is 10.3 Å². The Hall–Kier alpha value is -3.26. The van der Waals surface area contributed by atoms with Gasteiger partial charge < -0.3 is 15.4 Å². The van der Waals surface area contributed by atoms with Crippen molar-refractivity contribution in [2.75, 3.05) is 18.5 Å². The third-order valence-corrected chi connectivity index (χ3v) is 5.52. The number of aryl methyl sites for hydroxylation is 1. The molecule has 8 heteroatoms. The van der Waals surface area contributed by atoms with Crippen LogP contribution in [0.1, 0.15) is 17.5 Å². The van der Waals surface area contributed by atoms with Crippen LogP contribution in [0, 0.1) is 12.7 Å². The molecule has 3 rings (SSSR count). The maximum atomic E-state index is 13.1. The minimum absolute atomic E-state index is 0.293. The molecular formula is C22H22FN3O3S. The lowest BCUT2D eigenvalue weighted by atomic mass is 10.2. The lowest BCUT2D eigenvalue weighted by molar-refractivity contribution is -0.136. The van der Waals surface area contributed by atoms with Crippen LogP contribution in [0.3, 0.4) is 0 Å². The Morgan fingerprint density at radius 3 is 2.43 bits per heavy atom. The zero-order chi connectivity index (χ0) is 21.5. The van der Waals surface area contributed by atoms with Gasteiger partial charge >= 0.3 is 11.8 Å². The molecule has 0 aliphatic carbocycles. The summed E-state index contributed by atoms with van der Waals surface area (Å²) < 4.78 is 18.4. The van der Waals surface area contributed by atoms with Gasteiger partial charge in [0.15, 0.2) is 0 Å². The van der Waals surface area contributed by atoms with E-state index in [9.17, 15) is 14.0 Å². The summed E-state index contributed by atoms with van der Waals surface area (Å²) in [6, 6.07) is 13.0. The standard InChI is InChI=1S/C22H22FN3O3S/c1-3-29-18-10-8-17(9-11-18)26-21(28)20(27)24-13-12-19-14(2)25-22(30-19)15-4-6-16(23)7-5-15/h4-11H,3,12-13H2,1-2H3,(H,24,27)(H,26,28). The van der Waals surface area contributed by atoms with E-state index >= 15 is 0 Å². The van der Waals surface area contributed by atoms with Crippen molar-refractivity contribution < 1.29 is 18.7 Å². The van der Waals surface area contributed by atoms with Gasteiger partial charge in [-0.3, -0.25) is 9.59 Å². The fourth-order valence-corrected chi connectivity index (χ4v) is 3.80. The Labute approximate surface area is 178 Å². The lowest BCUT2D eigenvalue weighted by Crippen LogP contribution is -2.36. The number of halogens is 1. The summed E-state index contributed by atoms with van der Waals surface area (Å²) in [4.78, 5) is 29.6. The summed E-state index contributed by atoms with van der Waals surface area (Å²) in [5.74, 6) is -1.03. The van der Waals surface area contributed by atoms with Crippen molar-refractivity contribution in [3.05, 3.63) is 64.9 Å². The highest BCUT2D eigenvalue weighted by Crippen LogP contribution is 2.28. The Bertz CT molecular complexity index is 1020. The Kier molecular flexibility index (Phi) is 7.13. The normalized spacial score (nSPS) is 10.5. The average Bonchev–Trinajstić information content (AvgIpc) is 3.10. The van der Waals surface area contributed by atoms with Gasteiger partial charge in [-0.2, -0.15) is 0 Å². The first kappa shape index (κ1) is 21.4. The Balaban J connectivity index is 1.50. The Morgan fingerprint density at radius 2 is 1.77 bits per heavy atom. The summed E-state index contributed by atoms with van der Waals surface area (Å²) in [6.45, 7) is 4.64. The zero-order valence-corrected chi connectivity index (χ0v) is 17.5. The van der Waals surface area contributed by atoms with Crippen molar-refractivity contribution in [2.45, 2.75) is 20.3 Å². The molecule has 0 saturated heterocycles. The number of hydrogen-bond acceptors (Lipinski definition) is 5. The second-order valence-corrected chi connectivity index (χ2v) is 7.54. The predicted octanol–water partition coefficient (Wildman–Crippen LogP) is 3.95. The van der Waals surface area contributed by atoms with Gasteiger partial charge in [-0.25, -0.2) is 9.37 Å². The van der Waals surface area contributed by atoms with E-state index in [1.807, 2.05) is 13.8 Å². The molecule has 30 heavy (non-hydrogen) atoms. The SMILES string of the molecule is CCOc1ccc(NC(=O)C(=O)NCCc2sc(-c3ccc(F)cc3)nc2C)cc1. The highest BCUT2D eigenvalue weighted by Gasteiger charge is 2.15. The van der Waals surface area contributed by atoms with Crippen LogP contribution in [-0.2, 0) is 16.0 Å². The smallest absolute Gasteiger partial charge is 0.313 e. The number of rotatable bonds is 7. The van der Waals surface area contributed by atoms with Crippen LogP contribution in [0.4, 0.5) is 10.1 Å². The van der Waals surface area contributed by atoms with Crippen LogP contribution in [0.25, 0.3) is 10.6 Å². The van der Waals surface area contributed by atoms with E-state index in [-0.39, 0.29) is 5.82 Å². The monoisotopic (exact) mass is 427 g/mol. The summed E-state index contributed by atoms with van der Waals surface area (Å²) in [5.41, 5.74) is 2.21. The van der Waals surface area contributed by atoms with E-state index in [2.05, 4.69) is 15.6 Å². The molecule has 0 bridgehead atoms. The first-order valence-corrected chi connectivity index (χ1v) is 10.3. The molecule has 3 aromatic rings.